The summed E-state index contributed by atoms with van der Waals surface area (Å²) in [6, 6.07) is 12.3. The van der Waals surface area contributed by atoms with Crippen molar-refractivity contribution in [2.75, 3.05) is 44.7 Å². The van der Waals surface area contributed by atoms with Gasteiger partial charge in [-0.1, -0.05) is 6.07 Å². The molecule has 8 nitrogen and oxygen atoms in total. The highest BCUT2D eigenvalue weighted by Gasteiger charge is 2.17. The summed E-state index contributed by atoms with van der Waals surface area (Å²) in [6.07, 6.45) is 0. The minimum absolute atomic E-state index is 0.153. The van der Waals surface area contributed by atoms with E-state index in [0.717, 1.165) is 4.90 Å². The van der Waals surface area contributed by atoms with E-state index in [1.807, 2.05) is 0 Å². The molecular weight excluding hydrogens is 350 g/mol. The van der Waals surface area contributed by atoms with Gasteiger partial charge in [-0.3, -0.25) is 9.59 Å². The fourth-order valence-electron chi connectivity index (χ4n) is 2.70. The van der Waals surface area contributed by atoms with E-state index in [4.69, 9.17) is 14.2 Å². The van der Waals surface area contributed by atoms with Crippen LogP contribution in [0.3, 0.4) is 0 Å². The van der Waals surface area contributed by atoms with E-state index in [1.54, 1.807) is 56.6 Å². The second-order valence-electron chi connectivity index (χ2n) is 6.21. The fourth-order valence-corrected chi connectivity index (χ4v) is 2.70. The molecule has 0 saturated carbocycles. The van der Waals surface area contributed by atoms with Crippen molar-refractivity contribution >= 4 is 23.2 Å². The van der Waals surface area contributed by atoms with Crippen LogP contribution >= 0.6 is 0 Å². The molecule has 1 heterocycles. The van der Waals surface area contributed by atoms with E-state index in [2.05, 4.69) is 10.6 Å². The number of likely N-dealkylation sites (N-methyl/N-ethyl adjacent to an activating group) is 1. The summed E-state index contributed by atoms with van der Waals surface area (Å²) < 4.78 is 15.7. The molecule has 0 aromatic heterocycles. The molecule has 1 unspecified atom stereocenters. The number of rotatable bonds is 7. The molecule has 2 aromatic carbocycles. The predicted molar refractivity (Wildman–Crippen MR) is 99.4 cm³/mol. The lowest BCUT2D eigenvalue weighted by Gasteiger charge is -2.14. The summed E-state index contributed by atoms with van der Waals surface area (Å²) in [5, 5.41) is 5.59. The molecule has 2 aromatic rings. The van der Waals surface area contributed by atoms with Crippen LogP contribution in [0.25, 0.3) is 0 Å². The monoisotopic (exact) mass is 372 g/mol. The number of carbonyl (C=O) groups is 2. The molecule has 0 bridgehead atoms. The largest absolute Gasteiger partial charge is 0.497 e. The van der Waals surface area contributed by atoms with Crippen molar-refractivity contribution in [3.63, 3.8) is 0 Å². The van der Waals surface area contributed by atoms with E-state index in [9.17, 15) is 9.59 Å². The van der Waals surface area contributed by atoms with Crippen LogP contribution in [0.4, 0.5) is 11.4 Å². The number of methoxy groups -OCH3 is 1. The summed E-state index contributed by atoms with van der Waals surface area (Å²) in [7, 11) is 3.35. The van der Waals surface area contributed by atoms with Gasteiger partial charge in [-0.05, 0) is 24.3 Å². The lowest BCUT2D eigenvalue weighted by Crippen LogP contribution is -3.11. The highest BCUT2D eigenvalue weighted by Crippen LogP contribution is 2.34. The maximum absolute atomic E-state index is 12.2. The topological polar surface area (TPSA) is 90.3 Å². The molecule has 0 spiro atoms. The molecule has 8 heteroatoms. The van der Waals surface area contributed by atoms with Crippen LogP contribution in [0.1, 0.15) is 0 Å². The zero-order valence-corrected chi connectivity index (χ0v) is 15.2. The van der Waals surface area contributed by atoms with Crippen molar-refractivity contribution in [1.82, 2.24) is 0 Å². The van der Waals surface area contributed by atoms with E-state index in [0.29, 0.717) is 28.6 Å². The van der Waals surface area contributed by atoms with Gasteiger partial charge in [0.15, 0.2) is 24.6 Å². The molecule has 27 heavy (non-hydrogen) atoms. The van der Waals surface area contributed by atoms with Gasteiger partial charge in [0.25, 0.3) is 11.8 Å². The van der Waals surface area contributed by atoms with E-state index >= 15 is 0 Å². The number of hydrogen-bond acceptors (Lipinski definition) is 5. The zero-order chi connectivity index (χ0) is 19.2. The van der Waals surface area contributed by atoms with Gasteiger partial charge < -0.3 is 29.7 Å². The van der Waals surface area contributed by atoms with E-state index < -0.39 is 0 Å². The van der Waals surface area contributed by atoms with Gasteiger partial charge in [0, 0.05) is 23.5 Å². The Balaban J connectivity index is 1.47. The normalized spacial score (nSPS) is 13.0. The molecule has 142 valence electrons. The van der Waals surface area contributed by atoms with Gasteiger partial charge in [-0.25, -0.2) is 0 Å². The molecular formula is C19H22N3O5+. The maximum Gasteiger partial charge on any atom is 0.279 e. The Bertz CT molecular complexity index is 840. The Labute approximate surface area is 157 Å². The smallest absolute Gasteiger partial charge is 0.279 e. The van der Waals surface area contributed by atoms with Gasteiger partial charge in [-0.15, -0.1) is 0 Å². The minimum Gasteiger partial charge on any atom is -0.497 e. The fraction of sp³-hybridized carbons (Fsp3) is 0.263. The third-order valence-corrected chi connectivity index (χ3v) is 3.93. The molecule has 3 N–H and O–H groups in total. The van der Waals surface area contributed by atoms with Crippen molar-refractivity contribution in [2.45, 2.75) is 0 Å². The number of fused-ring (bicyclic) bond motifs is 1. The average molecular weight is 372 g/mol. The van der Waals surface area contributed by atoms with Crippen molar-refractivity contribution < 1.29 is 28.7 Å². The molecule has 2 amide bonds. The van der Waals surface area contributed by atoms with Gasteiger partial charge in [0.1, 0.15) is 5.75 Å². The van der Waals surface area contributed by atoms with Crippen LogP contribution in [-0.2, 0) is 9.59 Å². The van der Waals surface area contributed by atoms with Gasteiger partial charge >= 0.3 is 0 Å². The summed E-state index contributed by atoms with van der Waals surface area (Å²) in [5.41, 5.74) is 1.27. The van der Waals surface area contributed by atoms with Crippen molar-refractivity contribution in [3.8, 4) is 17.2 Å². The first-order valence-corrected chi connectivity index (χ1v) is 8.48. The standard InChI is InChI=1S/C19H21N3O5/c1-22(10-18(23)20-13-4-3-5-15(8-13)25-2)11-19(24)21-14-6-7-16-17(9-14)27-12-26-16/h3-9H,10-12H2,1-2H3,(H,20,23)(H,21,24)/p+1. The number of anilines is 2. The summed E-state index contributed by atoms with van der Waals surface area (Å²) in [4.78, 5) is 25.1. The first-order chi connectivity index (χ1) is 13.0. The number of benzene rings is 2. The lowest BCUT2D eigenvalue weighted by molar-refractivity contribution is -0.862. The average Bonchev–Trinajstić information content (AvgIpc) is 3.09. The Morgan fingerprint density at radius 2 is 1.67 bits per heavy atom. The molecule has 1 aliphatic heterocycles. The Morgan fingerprint density at radius 3 is 2.37 bits per heavy atom. The SMILES string of the molecule is COc1cccc(NC(=O)C[NH+](C)CC(=O)Nc2ccc3c(c2)OCO3)c1. The van der Waals surface area contributed by atoms with E-state index in [-0.39, 0.29) is 31.7 Å². The quantitative estimate of drug-likeness (QED) is 0.659. The lowest BCUT2D eigenvalue weighted by atomic mass is 10.2. The molecule has 3 rings (SSSR count). The second-order valence-corrected chi connectivity index (χ2v) is 6.21. The van der Waals surface area contributed by atoms with E-state index in [1.165, 1.54) is 0 Å². The minimum atomic E-state index is -0.194. The van der Waals surface area contributed by atoms with Crippen molar-refractivity contribution in [2.24, 2.45) is 0 Å². The van der Waals surface area contributed by atoms with Crippen LogP contribution in [0, 0.1) is 0 Å². The summed E-state index contributed by atoms with van der Waals surface area (Å²) in [5.74, 6) is 1.55. The van der Waals surface area contributed by atoms with Crippen LogP contribution in [-0.4, -0.2) is 45.9 Å². The molecule has 1 aliphatic rings. The van der Waals surface area contributed by atoms with Crippen LogP contribution in [0.15, 0.2) is 42.5 Å². The summed E-state index contributed by atoms with van der Waals surface area (Å²) in [6.45, 7) is 0.494. The van der Waals surface area contributed by atoms with Gasteiger partial charge in [0.2, 0.25) is 6.79 Å². The first kappa shape index (κ1) is 18.5. The number of hydrogen-bond donors (Lipinski definition) is 3. The first-order valence-electron chi connectivity index (χ1n) is 8.48. The molecule has 0 fully saturated rings. The Morgan fingerprint density at radius 1 is 1.00 bits per heavy atom. The molecule has 1 atom stereocenters. The number of nitrogens with one attached hydrogen (secondary N) is 3. The Kier molecular flexibility index (Phi) is 5.77. The van der Waals surface area contributed by atoms with Crippen LogP contribution < -0.4 is 29.7 Å². The predicted octanol–water partition coefficient (Wildman–Crippen LogP) is 0.516. The van der Waals surface area contributed by atoms with Gasteiger partial charge in [0.05, 0.1) is 14.2 Å². The highest BCUT2D eigenvalue weighted by molar-refractivity contribution is 5.93. The van der Waals surface area contributed by atoms with Crippen LogP contribution in [0.5, 0.6) is 17.2 Å². The molecule has 0 aliphatic carbocycles. The highest BCUT2D eigenvalue weighted by atomic mass is 16.7. The number of ether oxygens (including phenoxy) is 3. The number of amides is 2. The zero-order valence-electron chi connectivity index (χ0n) is 15.2. The second kappa shape index (κ2) is 8.41. The third kappa shape index (κ3) is 5.11. The van der Waals surface area contributed by atoms with Crippen LogP contribution in [0.2, 0.25) is 0 Å². The number of quaternary nitrogens is 1. The molecule has 0 radical (unpaired) electrons. The van der Waals surface area contributed by atoms with Crippen molar-refractivity contribution in [1.29, 1.82) is 0 Å². The maximum atomic E-state index is 12.2. The van der Waals surface area contributed by atoms with Gasteiger partial charge in [-0.2, -0.15) is 0 Å². The van der Waals surface area contributed by atoms with Crippen molar-refractivity contribution in [3.05, 3.63) is 42.5 Å². The number of carbonyl (C=O) groups excluding carboxylic acids is 2. The third-order valence-electron chi connectivity index (χ3n) is 3.93. The Hall–Kier alpha value is -3.26. The summed E-state index contributed by atoms with van der Waals surface area (Å²) >= 11 is 0. The molecule has 0 saturated heterocycles.